The van der Waals surface area contributed by atoms with Crippen molar-refractivity contribution in [2.45, 2.75) is 83.0 Å². The molecule has 0 heteroatoms. The molecule has 0 aromatic heterocycles. The van der Waals surface area contributed by atoms with Crippen LogP contribution in [0.1, 0.15) is 92.7 Å². The predicted molar refractivity (Wildman–Crippen MR) is 82.8 cm³/mol. The summed E-state index contributed by atoms with van der Waals surface area (Å²) in [6, 6.07) is 7.09. The molecule has 0 spiro atoms. The van der Waals surface area contributed by atoms with E-state index in [9.17, 15) is 0 Å². The summed E-state index contributed by atoms with van der Waals surface area (Å²) in [5, 5.41) is 0. The molecule has 1 aromatic rings. The van der Waals surface area contributed by atoms with Crippen LogP contribution in [0.5, 0.6) is 0 Å². The van der Waals surface area contributed by atoms with Crippen molar-refractivity contribution in [1.29, 1.82) is 0 Å². The van der Waals surface area contributed by atoms with E-state index in [1.54, 1.807) is 16.7 Å². The second-order valence-corrected chi connectivity index (χ2v) is 6.75. The van der Waals surface area contributed by atoms with Crippen LogP contribution in [0.25, 0.3) is 0 Å². The van der Waals surface area contributed by atoms with Crippen molar-refractivity contribution in [2.24, 2.45) is 0 Å². The highest BCUT2D eigenvalue weighted by Crippen LogP contribution is 2.42. The molecule has 0 heterocycles. The Morgan fingerprint density at radius 2 is 1.32 bits per heavy atom. The number of benzene rings is 1. The van der Waals surface area contributed by atoms with Gasteiger partial charge in [-0.3, -0.25) is 0 Å². The summed E-state index contributed by atoms with van der Waals surface area (Å²) in [5.41, 5.74) is 5.05. The Balaban J connectivity index is 1.91. The maximum Gasteiger partial charge on any atom is -0.0157 e. The second kappa shape index (κ2) is 6.11. The molecule has 104 valence electrons. The third kappa shape index (κ3) is 2.88. The quantitative estimate of drug-likeness (QED) is 0.600. The predicted octanol–water partition coefficient (Wildman–Crippen LogP) is 6.09. The molecule has 0 amide bonds. The molecule has 2 saturated carbocycles. The van der Waals surface area contributed by atoms with Crippen LogP contribution in [0.15, 0.2) is 18.2 Å². The third-order valence-corrected chi connectivity index (χ3v) is 5.42. The van der Waals surface area contributed by atoms with Gasteiger partial charge >= 0.3 is 0 Å². The molecule has 2 aliphatic carbocycles. The highest BCUT2D eigenvalue weighted by atomic mass is 14.3. The highest BCUT2D eigenvalue weighted by molar-refractivity contribution is 5.40. The Morgan fingerprint density at radius 1 is 0.737 bits per heavy atom. The molecule has 1 aromatic carbocycles. The summed E-state index contributed by atoms with van der Waals surface area (Å²) in [5.74, 6) is 1.73. The van der Waals surface area contributed by atoms with E-state index in [2.05, 4.69) is 25.1 Å². The molecule has 2 aliphatic rings. The molecule has 0 N–H and O–H groups in total. The van der Waals surface area contributed by atoms with Crippen LogP contribution in [0.4, 0.5) is 0 Å². The van der Waals surface area contributed by atoms with Crippen molar-refractivity contribution in [3.05, 3.63) is 34.9 Å². The largest absolute Gasteiger partial charge is 0.0617 e. The number of aryl methyl sites for hydroxylation is 1. The standard InChI is InChI=1S/C19H28/c1-15-9-8-14-18(16-10-4-2-5-11-16)19(15)17-12-6-3-7-13-17/h8-9,14,16-17H,2-7,10-13H2,1H3. The summed E-state index contributed by atoms with van der Waals surface area (Å²) in [6.45, 7) is 2.34. The zero-order chi connectivity index (χ0) is 13.1. The van der Waals surface area contributed by atoms with Crippen LogP contribution in [0.2, 0.25) is 0 Å². The highest BCUT2D eigenvalue weighted by Gasteiger charge is 2.24. The fourth-order valence-electron chi connectivity index (χ4n) is 4.42. The van der Waals surface area contributed by atoms with Gasteiger partial charge in [-0.25, -0.2) is 0 Å². The van der Waals surface area contributed by atoms with Crippen molar-refractivity contribution in [2.75, 3.05) is 0 Å². The van der Waals surface area contributed by atoms with Gasteiger partial charge < -0.3 is 0 Å². The minimum atomic E-state index is 0.866. The number of hydrogen-bond acceptors (Lipinski definition) is 0. The van der Waals surface area contributed by atoms with Crippen molar-refractivity contribution in [1.82, 2.24) is 0 Å². The molecule has 19 heavy (non-hydrogen) atoms. The van der Waals surface area contributed by atoms with E-state index in [1.807, 2.05) is 0 Å². The van der Waals surface area contributed by atoms with Crippen molar-refractivity contribution < 1.29 is 0 Å². The van der Waals surface area contributed by atoms with E-state index < -0.39 is 0 Å². The van der Waals surface area contributed by atoms with E-state index >= 15 is 0 Å². The zero-order valence-corrected chi connectivity index (χ0v) is 12.5. The first kappa shape index (κ1) is 13.2. The number of rotatable bonds is 2. The Bertz CT molecular complexity index is 406. The molecule has 2 fully saturated rings. The molecule has 0 aliphatic heterocycles. The van der Waals surface area contributed by atoms with E-state index in [1.165, 1.54) is 64.2 Å². The van der Waals surface area contributed by atoms with Gasteiger partial charge in [0.2, 0.25) is 0 Å². The summed E-state index contributed by atoms with van der Waals surface area (Å²) in [4.78, 5) is 0. The first-order valence-electron chi connectivity index (χ1n) is 8.45. The molecule has 0 saturated heterocycles. The van der Waals surface area contributed by atoms with Crippen molar-refractivity contribution in [3.8, 4) is 0 Å². The van der Waals surface area contributed by atoms with Gasteiger partial charge in [0, 0.05) is 0 Å². The van der Waals surface area contributed by atoms with E-state index in [0.29, 0.717) is 0 Å². The molecule has 0 nitrogen and oxygen atoms in total. The van der Waals surface area contributed by atoms with E-state index in [4.69, 9.17) is 0 Å². The van der Waals surface area contributed by atoms with Crippen LogP contribution in [0, 0.1) is 6.92 Å². The van der Waals surface area contributed by atoms with Gasteiger partial charge in [-0.15, -0.1) is 0 Å². The van der Waals surface area contributed by atoms with Gasteiger partial charge in [0.25, 0.3) is 0 Å². The minimum Gasteiger partial charge on any atom is -0.0617 e. The first-order valence-corrected chi connectivity index (χ1v) is 8.45. The smallest absolute Gasteiger partial charge is 0.0157 e. The molecule has 3 rings (SSSR count). The van der Waals surface area contributed by atoms with Crippen LogP contribution in [-0.4, -0.2) is 0 Å². The average molecular weight is 256 g/mol. The summed E-state index contributed by atoms with van der Waals surface area (Å²) >= 11 is 0. The molecular formula is C19H28. The molecule has 0 bridgehead atoms. The second-order valence-electron chi connectivity index (χ2n) is 6.75. The summed E-state index contributed by atoms with van der Waals surface area (Å²) < 4.78 is 0. The third-order valence-electron chi connectivity index (χ3n) is 5.42. The maximum absolute atomic E-state index is 2.45. The molecule has 0 atom stereocenters. The van der Waals surface area contributed by atoms with Crippen LogP contribution >= 0.6 is 0 Å². The SMILES string of the molecule is Cc1cccc(C2CCCCC2)c1C1CCCCC1. The Hall–Kier alpha value is -0.780. The average Bonchev–Trinajstić information content (AvgIpc) is 2.49. The summed E-state index contributed by atoms with van der Waals surface area (Å²) in [7, 11) is 0. The van der Waals surface area contributed by atoms with Crippen molar-refractivity contribution in [3.63, 3.8) is 0 Å². The topological polar surface area (TPSA) is 0 Å². The van der Waals surface area contributed by atoms with E-state index in [-0.39, 0.29) is 0 Å². The van der Waals surface area contributed by atoms with E-state index in [0.717, 1.165) is 11.8 Å². The minimum absolute atomic E-state index is 0.866. The van der Waals surface area contributed by atoms with Gasteiger partial charge in [0.1, 0.15) is 0 Å². The molecule has 0 radical (unpaired) electrons. The fraction of sp³-hybridized carbons (Fsp3) is 0.684. The Labute approximate surface area is 118 Å². The van der Waals surface area contributed by atoms with Crippen LogP contribution < -0.4 is 0 Å². The van der Waals surface area contributed by atoms with Crippen molar-refractivity contribution >= 4 is 0 Å². The van der Waals surface area contributed by atoms with Crippen LogP contribution in [0.3, 0.4) is 0 Å². The lowest BCUT2D eigenvalue weighted by molar-refractivity contribution is 0.418. The maximum atomic E-state index is 2.45. The lowest BCUT2D eigenvalue weighted by Crippen LogP contribution is -2.13. The Kier molecular flexibility index (Phi) is 4.25. The lowest BCUT2D eigenvalue weighted by atomic mass is 9.74. The first-order chi connectivity index (χ1) is 9.36. The zero-order valence-electron chi connectivity index (χ0n) is 12.5. The normalized spacial score (nSPS) is 22.6. The summed E-state index contributed by atoms with van der Waals surface area (Å²) in [6.07, 6.45) is 14.4. The Morgan fingerprint density at radius 3 is 1.95 bits per heavy atom. The van der Waals surface area contributed by atoms with Crippen LogP contribution in [-0.2, 0) is 0 Å². The van der Waals surface area contributed by atoms with Gasteiger partial charge in [-0.05, 0) is 61.1 Å². The van der Waals surface area contributed by atoms with Gasteiger partial charge in [-0.1, -0.05) is 56.7 Å². The lowest BCUT2D eigenvalue weighted by Gasteiger charge is -2.31. The number of hydrogen-bond donors (Lipinski definition) is 0. The van der Waals surface area contributed by atoms with Gasteiger partial charge in [0.15, 0.2) is 0 Å². The van der Waals surface area contributed by atoms with Gasteiger partial charge in [0.05, 0.1) is 0 Å². The molecule has 0 unspecified atom stereocenters. The fourth-order valence-corrected chi connectivity index (χ4v) is 4.42. The van der Waals surface area contributed by atoms with Gasteiger partial charge in [-0.2, -0.15) is 0 Å². The monoisotopic (exact) mass is 256 g/mol. The molecular weight excluding hydrogens is 228 g/mol.